The third kappa shape index (κ3) is 3.58. The van der Waals surface area contributed by atoms with Crippen molar-refractivity contribution >= 4 is 17.6 Å². The van der Waals surface area contributed by atoms with Gasteiger partial charge in [0.05, 0.1) is 6.42 Å². The number of hydrogen-bond donors (Lipinski definition) is 1. The SMILES string of the molecule is Cn1c(CCC(=O)O)cnc1Cc1ccc(Cl)cc1. The summed E-state index contributed by atoms with van der Waals surface area (Å²) in [6, 6.07) is 7.64. The zero-order valence-corrected chi connectivity index (χ0v) is 11.4. The maximum atomic E-state index is 10.6. The number of carbonyl (C=O) groups is 1. The Bertz CT molecular complexity index is 576. The van der Waals surface area contributed by atoms with E-state index in [9.17, 15) is 4.79 Å². The van der Waals surface area contributed by atoms with E-state index in [-0.39, 0.29) is 6.42 Å². The second kappa shape index (κ2) is 5.89. The molecule has 2 aromatic rings. The number of aliphatic carboxylic acids is 1. The first-order valence-corrected chi connectivity index (χ1v) is 6.40. The predicted octanol–water partition coefficient (Wildman–Crippen LogP) is 2.68. The highest BCUT2D eigenvalue weighted by Crippen LogP contribution is 2.14. The molecule has 4 nitrogen and oxygen atoms in total. The first-order chi connectivity index (χ1) is 9.06. The van der Waals surface area contributed by atoms with E-state index in [1.807, 2.05) is 35.9 Å². The molecule has 0 radical (unpaired) electrons. The largest absolute Gasteiger partial charge is 0.481 e. The first-order valence-electron chi connectivity index (χ1n) is 6.02. The molecule has 0 aliphatic rings. The number of carboxylic acids is 1. The molecule has 1 aromatic heterocycles. The van der Waals surface area contributed by atoms with Crippen LogP contribution in [0.1, 0.15) is 23.5 Å². The molecule has 1 aromatic carbocycles. The maximum absolute atomic E-state index is 10.6. The molecule has 0 aliphatic carbocycles. The zero-order chi connectivity index (χ0) is 13.8. The van der Waals surface area contributed by atoms with E-state index in [4.69, 9.17) is 16.7 Å². The van der Waals surface area contributed by atoms with Crippen LogP contribution in [0.4, 0.5) is 0 Å². The van der Waals surface area contributed by atoms with Crippen molar-refractivity contribution in [1.29, 1.82) is 0 Å². The Morgan fingerprint density at radius 3 is 2.68 bits per heavy atom. The Morgan fingerprint density at radius 1 is 1.37 bits per heavy atom. The van der Waals surface area contributed by atoms with Crippen LogP contribution in [0.15, 0.2) is 30.5 Å². The summed E-state index contributed by atoms with van der Waals surface area (Å²) in [4.78, 5) is 14.9. The standard InChI is InChI=1S/C14H15ClN2O2/c1-17-12(6-7-14(18)19)9-16-13(17)8-10-2-4-11(15)5-3-10/h2-5,9H,6-8H2,1H3,(H,18,19). The Kier molecular flexibility index (Phi) is 4.22. The van der Waals surface area contributed by atoms with Crippen LogP contribution in [0.2, 0.25) is 5.02 Å². The number of nitrogens with zero attached hydrogens (tertiary/aromatic N) is 2. The summed E-state index contributed by atoms with van der Waals surface area (Å²) >= 11 is 5.84. The number of aryl methyl sites for hydroxylation is 1. The van der Waals surface area contributed by atoms with Gasteiger partial charge >= 0.3 is 5.97 Å². The molecule has 0 fully saturated rings. The molecule has 0 unspecified atom stereocenters. The molecule has 19 heavy (non-hydrogen) atoms. The van der Waals surface area contributed by atoms with Crippen LogP contribution in [0.3, 0.4) is 0 Å². The molecule has 0 aliphatic heterocycles. The minimum Gasteiger partial charge on any atom is -0.481 e. The lowest BCUT2D eigenvalue weighted by atomic mass is 10.1. The van der Waals surface area contributed by atoms with Gasteiger partial charge in [-0.3, -0.25) is 4.79 Å². The minimum absolute atomic E-state index is 0.125. The van der Waals surface area contributed by atoms with E-state index in [1.54, 1.807) is 6.20 Å². The number of rotatable bonds is 5. The number of hydrogen-bond acceptors (Lipinski definition) is 2. The third-order valence-electron chi connectivity index (χ3n) is 3.05. The van der Waals surface area contributed by atoms with Crippen molar-refractivity contribution in [1.82, 2.24) is 9.55 Å². The van der Waals surface area contributed by atoms with Gasteiger partial charge in [-0.25, -0.2) is 4.98 Å². The fourth-order valence-corrected chi connectivity index (χ4v) is 2.03. The lowest BCUT2D eigenvalue weighted by Crippen LogP contribution is -2.05. The monoisotopic (exact) mass is 278 g/mol. The maximum Gasteiger partial charge on any atom is 0.303 e. The van der Waals surface area contributed by atoms with Gasteiger partial charge in [0.1, 0.15) is 5.82 Å². The van der Waals surface area contributed by atoms with Gasteiger partial charge in [-0.05, 0) is 24.1 Å². The molecule has 0 bridgehead atoms. The van der Waals surface area contributed by atoms with Crippen molar-refractivity contribution in [3.63, 3.8) is 0 Å². The molecule has 0 atom stereocenters. The molecule has 0 saturated carbocycles. The van der Waals surface area contributed by atoms with Crippen LogP contribution in [0.5, 0.6) is 0 Å². The summed E-state index contributed by atoms with van der Waals surface area (Å²) in [6.45, 7) is 0. The fourth-order valence-electron chi connectivity index (χ4n) is 1.90. The van der Waals surface area contributed by atoms with E-state index in [0.29, 0.717) is 17.9 Å². The van der Waals surface area contributed by atoms with Crippen molar-refractivity contribution < 1.29 is 9.90 Å². The number of benzene rings is 1. The minimum atomic E-state index is -0.791. The first kappa shape index (κ1) is 13.6. The lowest BCUT2D eigenvalue weighted by molar-refractivity contribution is -0.136. The Balaban J connectivity index is 2.09. The predicted molar refractivity (Wildman–Crippen MR) is 73.4 cm³/mol. The molecule has 0 spiro atoms. The van der Waals surface area contributed by atoms with Crippen molar-refractivity contribution in [2.75, 3.05) is 0 Å². The summed E-state index contributed by atoms with van der Waals surface area (Å²) < 4.78 is 1.96. The number of carboxylic acid groups (broad SMARTS) is 1. The highest BCUT2D eigenvalue weighted by Gasteiger charge is 2.08. The van der Waals surface area contributed by atoms with Gasteiger partial charge in [0, 0.05) is 30.4 Å². The van der Waals surface area contributed by atoms with Gasteiger partial charge in [-0.15, -0.1) is 0 Å². The average Bonchev–Trinajstić information content (AvgIpc) is 2.71. The molecular weight excluding hydrogens is 264 g/mol. The topological polar surface area (TPSA) is 55.1 Å². The van der Waals surface area contributed by atoms with Crippen LogP contribution in [-0.4, -0.2) is 20.6 Å². The summed E-state index contributed by atoms with van der Waals surface area (Å²) in [5.41, 5.74) is 2.06. The van der Waals surface area contributed by atoms with Gasteiger partial charge in [-0.2, -0.15) is 0 Å². The smallest absolute Gasteiger partial charge is 0.303 e. The van der Waals surface area contributed by atoms with Gasteiger partial charge in [0.25, 0.3) is 0 Å². The molecule has 100 valence electrons. The molecule has 1 heterocycles. The van der Waals surface area contributed by atoms with Gasteiger partial charge in [-0.1, -0.05) is 23.7 Å². The van der Waals surface area contributed by atoms with Crippen molar-refractivity contribution in [3.8, 4) is 0 Å². The summed E-state index contributed by atoms with van der Waals surface area (Å²) in [5, 5.41) is 9.41. The molecule has 2 rings (SSSR count). The molecule has 5 heteroatoms. The van der Waals surface area contributed by atoms with Crippen molar-refractivity contribution in [2.45, 2.75) is 19.3 Å². The molecule has 1 N–H and O–H groups in total. The lowest BCUT2D eigenvalue weighted by Gasteiger charge is -2.05. The molecule has 0 amide bonds. The third-order valence-corrected chi connectivity index (χ3v) is 3.30. The second-order valence-electron chi connectivity index (χ2n) is 4.42. The summed E-state index contributed by atoms with van der Waals surface area (Å²) in [5.74, 6) is 0.128. The normalized spacial score (nSPS) is 10.6. The van der Waals surface area contributed by atoms with Crippen LogP contribution in [0.25, 0.3) is 0 Å². The molecular formula is C14H15ClN2O2. The van der Waals surface area contributed by atoms with E-state index in [0.717, 1.165) is 17.1 Å². The Labute approximate surface area is 116 Å². The fraction of sp³-hybridized carbons (Fsp3) is 0.286. The van der Waals surface area contributed by atoms with Gasteiger partial charge in [0.15, 0.2) is 0 Å². The van der Waals surface area contributed by atoms with Gasteiger partial charge < -0.3 is 9.67 Å². The van der Waals surface area contributed by atoms with Crippen LogP contribution < -0.4 is 0 Å². The van der Waals surface area contributed by atoms with Crippen molar-refractivity contribution in [2.24, 2.45) is 7.05 Å². The summed E-state index contributed by atoms with van der Waals surface area (Å²) in [7, 11) is 1.91. The van der Waals surface area contributed by atoms with Crippen LogP contribution in [-0.2, 0) is 24.7 Å². The zero-order valence-electron chi connectivity index (χ0n) is 10.6. The van der Waals surface area contributed by atoms with E-state index < -0.39 is 5.97 Å². The molecule has 0 saturated heterocycles. The van der Waals surface area contributed by atoms with Crippen LogP contribution in [0, 0.1) is 0 Å². The van der Waals surface area contributed by atoms with Crippen molar-refractivity contribution in [3.05, 3.63) is 52.6 Å². The highest BCUT2D eigenvalue weighted by molar-refractivity contribution is 6.30. The van der Waals surface area contributed by atoms with Crippen LogP contribution >= 0.6 is 11.6 Å². The highest BCUT2D eigenvalue weighted by atomic mass is 35.5. The van der Waals surface area contributed by atoms with Gasteiger partial charge in [0.2, 0.25) is 0 Å². The number of imidazole rings is 1. The average molecular weight is 279 g/mol. The number of aromatic nitrogens is 2. The number of halogens is 1. The summed E-state index contributed by atoms with van der Waals surface area (Å²) in [6.07, 6.45) is 3.08. The van der Waals surface area contributed by atoms with E-state index in [1.165, 1.54) is 0 Å². The van der Waals surface area contributed by atoms with E-state index in [2.05, 4.69) is 4.98 Å². The Morgan fingerprint density at radius 2 is 2.05 bits per heavy atom. The van der Waals surface area contributed by atoms with E-state index >= 15 is 0 Å². The second-order valence-corrected chi connectivity index (χ2v) is 4.86. The quantitative estimate of drug-likeness (QED) is 0.915. The Hall–Kier alpha value is -1.81.